The molecule has 0 heterocycles. The largest absolute Gasteiger partial charge is 0.480 e. The molecule has 96 valence electrons. The number of carbonyl (C=O) groups excluding carboxylic acids is 1. The van der Waals surface area contributed by atoms with Crippen molar-refractivity contribution in [2.75, 3.05) is 13.1 Å². The summed E-state index contributed by atoms with van der Waals surface area (Å²) in [5.41, 5.74) is 1.47. The smallest absolute Gasteiger partial charge is 0.323 e. The summed E-state index contributed by atoms with van der Waals surface area (Å²) in [5, 5.41) is 8.77. The van der Waals surface area contributed by atoms with E-state index in [9.17, 15) is 9.59 Å². The van der Waals surface area contributed by atoms with Crippen LogP contribution in [-0.2, 0) is 4.79 Å². The van der Waals surface area contributed by atoms with Gasteiger partial charge in [-0.25, -0.2) is 0 Å². The molecule has 0 aliphatic heterocycles. The molecule has 0 spiro atoms. The van der Waals surface area contributed by atoms with E-state index in [-0.39, 0.29) is 19.0 Å². The first-order valence-corrected chi connectivity index (χ1v) is 6.13. The molecule has 0 aromatic heterocycles. The molecule has 0 unspecified atom stereocenters. The molecule has 1 rings (SSSR count). The quantitative estimate of drug-likeness (QED) is 0.850. The lowest BCUT2D eigenvalue weighted by Crippen LogP contribution is -2.35. The zero-order valence-electron chi connectivity index (χ0n) is 10.0. The minimum atomic E-state index is -1.05. The molecule has 1 N–H and O–H groups in total. The number of hydrogen-bond donors (Lipinski definition) is 1. The van der Waals surface area contributed by atoms with Crippen LogP contribution in [0, 0.1) is 6.92 Å². The lowest BCUT2D eigenvalue weighted by molar-refractivity contribution is -0.137. The Labute approximate surface area is 114 Å². The van der Waals surface area contributed by atoms with Crippen LogP contribution in [-0.4, -0.2) is 35.0 Å². The molecule has 5 heteroatoms. The highest BCUT2D eigenvalue weighted by molar-refractivity contribution is 9.10. The minimum absolute atomic E-state index is 0.205. The van der Waals surface area contributed by atoms with Crippen LogP contribution in [0.1, 0.15) is 15.9 Å². The summed E-state index contributed by atoms with van der Waals surface area (Å²) in [4.78, 5) is 24.1. The number of nitrogens with zero attached hydrogens (tertiary/aromatic N) is 1. The van der Waals surface area contributed by atoms with Crippen LogP contribution in [0.15, 0.2) is 35.3 Å². The van der Waals surface area contributed by atoms with Gasteiger partial charge in [0.05, 0.1) is 0 Å². The number of hydrogen-bond acceptors (Lipinski definition) is 2. The van der Waals surface area contributed by atoms with E-state index in [1.165, 1.54) is 11.0 Å². The Morgan fingerprint density at radius 2 is 2.17 bits per heavy atom. The zero-order chi connectivity index (χ0) is 13.7. The van der Waals surface area contributed by atoms with Crippen molar-refractivity contribution in [3.8, 4) is 0 Å². The van der Waals surface area contributed by atoms with E-state index < -0.39 is 5.97 Å². The van der Waals surface area contributed by atoms with Crippen molar-refractivity contribution in [3.63, 3.8) is 0 Å². The van der Waals surface area contributed by atoms with Crippen molar-refractivity contribution < 1.29 is 14.7 Å². The third kappa shape index (κ3) is 3.70. The molecule has 1 aromatic rings. The molecule has 18 heavy (non-hydrogen) atoms. The lowest BCUT2D eigenvalue weighted by Gasteiger charge is -2.19. The van der Waals surface area contributed by atoms with Crippen LogP contribution >= 0.6 is 15.9 Å². The van der Waals surface area contributed by atoms with Crippen molar-refractivity contribution in [2.45, 2.75) is 6.92 Å². The van der Waals surface area contributed by atoms with Gasteiger partial charge in [-0.2, -0.15) is 0 Å². The summed E-state index contributed by atoms with van der Waals surface area (Å²) in [6.45, 7) is 5.30. The summed E-state index contributed by atoms with van der Waals surface area (Å²) in [5.74, 6) is -1.37. The summed E-state index contributed by atoms with van der Waals surface area (Å²) in [7, 11) is 0. The van der Waals surface area contributed by atoms with Crippen LogP contribution in [0.3, 0.4) is 0 Å². The highest BCUT2D eigenvalue weighted by atomic mass is 79.9. The Kier molecular flexibility index (Phi) is 5.09. The van der Waals surface area contributed by atoms with Crippen molar-refractivity contribution in [1.29, 1.82) is 0 Å². The van der Waals surface area contributed by atoms with Gasteiger partial charge in [0.2, 0.25) is 0 Å². The van der Waals surface area contributed by atoms with Crippen molar-refractivity contribution in [2.24, 2.45) is 0 Å². The normalized spacial score (nSPS) is 9.89. The summed E-state index contributed by atoms with van der Waals surface area (Å²) in [6, 6.07) is 5.18. The van der Waals surface area contributed by atoms with Gasteiger partial charge in [-0.1, -0.05) is 28.1 Å². The topological polar surface area (TPSA) is 57.6 Å². The highest BCUT2D eigenvalue weighted by Crippen LogP contribution is 2.18. The Morgan fingerprint density at radius 1 is 1.50 bits per heavy atom. The van der Waals surface area contributed by atoms with Crippen LogP contribution in [0.2, 0.25) is 0 Å². The van der Waals surface area contributed by atoms with Crippen LogP contribution in [0.5, 0.6) is 0 Å². The average molecular weight is 312 g/mol. The second-order valence-electron chi connectivity index (χ2n) is 3.83. The van der Waals surface area contributed by atoms with Gasteiger partial charge in [-0.05, 0) is 24.6 Å². The third-order valence-electron chi connectivity index (χ3n) is 2.38. The van der Waals surface area contributed by atoms with Crippen LogP contribution in [0.25, 0.3) is 0 Å². The number of carboxylic acid groups (broad SMARTS) is 1. The van der Waals surface area contributed by atoms with Gasteiger partial charge in [0.15, 0.2) is 0 Å². The number of aryl methyl sites for hydroxylation is 1. The van der Waals surface area contributed by atoms with Gasteiger partial charge >= 0.3 is 5.97 Å². The Balaban J connectivity index is 2.97. The number of amides is 1. The van der Waals surface area contributed by atoms with E-state index in [4.69, 9.17) is 5.11 Å². The number of rotatable bonds is 5. The summed E-state index contributed by atoms with van der Waals surface area (Å²) in [6.07, 6.45) is 1.50. The van der Waals surface area contributed by atoms with Gasteiger partial charge in [-0.3, -0.25) is 9.59 Å². The molecular weight excluding hydrogens is 298 g/mol. The van der Waals surface area contributed by atoms with E-state index in [1.807, 2.05) is 13.0 Å². The van der Waals surface area contributed by atoms with Crippen molar-refractivity contribution in [3.05, 3.63) is 46.5 Å². The van der Waals surface area contributed by atoms with E-state index in [0.717, 1.165) is 10.0 Å². The van der Waals surface area contributed by atoms with Crippen molar-refractivity contribution >= 4 is 27.8 Å². The first kappa shape index (κ1) is 14.4. The average Bonchev–Trinajstić information content (AvgIpc) is 2.31. The molecule has 1 aromatic carbocycles. The molecule has 0 saturated carbocycles. The number of aliphatic carboxylic acids is 1. The van der Waals surface area contributed by atoms with Crippen LogP contribution < -0.4 is 0 Å². The predicted molar refractivity (Wildman–Crippen MR) is 72.6 cm³/mol. The van der Waals surface area contributed by atoms with E-state index in [1.54, 1.807) is 12.1 Å². The SMILES string of the molecule is C=CCN(CC(=O)O)C(=O)c1ccc(C)c(Br)c1. The van der Waals surface area contributed by atoms with Gasteiger partial charge in [0.25, 0.3) is 5.91 Å². The monoisotopic (exact) mass is 311 g/mol. The first-order valence-electron chi connectivity index (χ1n) is 5.33. The Morgan fingerprint density at radius 3 is 2.67 bits per heavy atom. The summed E-state index contributed by atoms with van der Waals surface area (Å²) >= 11 is 3.35. The fourth-order valence-electron chi connectivity index (χ4n) is 1.45. The van der Waals surface area contributed by atoms with Gasteiger partial charge in [-0.15, -0.1) is 6.58 Å². The maximum Gasteiger partial charge on any atom is 0.323 e. The Hall–Kier alpha value is -1.62. The highest BCUT2D eigenvalue weighted by Gasteiger charge is 2.17. The molecule has 0 aliphatic carbocycles. The molecule has 0 fully saturated rings. The van der Waals surface area contributed by atoms with Gasteiger partial charge < -0.3 is 10.0 Å². The fraction of sp³-hybridized carbons (Fsp3) is 0.231. The molecule has 1 amide bonds. The standard InChI is InChI=1S/C13H14BrNO3/c1-3-6-15(8-12(16)17)13(18)10-5-4-9(2)11(14)7-10/h3-5,7H,1,6,8H2,2H3,(H,16,17). The van der Waals surface area contributed by atoms with Gasteiger partial charge in [0.1, 0.15) is 6.54 Å². The number of carboxylic acids is 1. The van der Waals surface area contributed by atoms with Gasteiger partial charge in [0, 0.05) is 16.6 Å². The number of benzene rings is 1. The second kappa shape index (κ2) is 6.35. The molecule has 4 nitrogen and oxygen atoms in total. The molecule has 0 bridgehead atoms. The van der Waals surface area contributed by atoms with E-state index in [0.29, 0.717) is 5.56 Å². The maximum absolute atomic E-state index is 12.1. The lowest BCUT2D eigenvalue weighted by atomic mass is 10.1. The van der Waals surface area contributed by atoms with E-state index >= 15 is 0 Å². The molecule has 0 atom stereocenters. The van der Waals surface area contributed by atoms with E-state index in [2.05, 4.69) is 22.5 Å². The molecular formula is C13H14BrNO3. The summed E-state index contributed by atoms with van der Waals surface area (Å²) < 4.78 is 0.822. The first-order chi connectivity index (χ1) is 8.45. The molecule has 0 aliphatic rings. The maximum atomic E-state index is 12.1. The molecule has 0 radical (unpaired) electrons. The minimum Gasteiger partial charge on any atom is -0.480 e. The zero-order valence-corrected chi connectivity index (χ0v) is 11.6. The second-order valence-corrected chi connectivity index (χ2v) is 4.69. The molecule has 0 saturated heterocycles. The number of halogens is 1. The predicted octanol–water partition coefficient (Wildman–Crippen LogP) is 2.47. The van der Waals surface area contributed by atoms with Crippen molar-refractivity contribution in [1.82, 2.24) is 4.90 Å². The third-order valence-corrected chi connectivity index (χ3v) is 3.24. The fourth-order valence-corrected chi connectivity index (χ4v) is 1.83. The van der Waals surface area contributed by atoms with Crippen LogP contribution in [0.4, 0.5) is 0 Å². The number of carbonyl (C=O) groups is 2. The Bertz CT molecular complexity index is 485.